The SMILES string of the molecule is CCCc1cc(=O)[nH]c(-n2nc(C)cc2NC(=O)COc2ccccc2)n1. The topological polar surface area (TPSA) is 102 Å². The van der Waals surface area contributed by atoms with Crippen LogP contribution < -0.4 is 15.6 Å². The zero-order chi connectivity index (χ0) is 19.2. The molecule has 0 bridgehead atoms. The number of benzene rings is 1. The second kappa shape index (κ2) is 8.31. The van der Waals surface area contributed by atoms with Gasteiger partial charge in [0.25, 0.3) is 11.5 Å². The summed E-state index contributed by atoms with van der Waals surface area (Å²) < 4.78 is 6.86. The first-order valence-corrected chi connectivity index (χ1v) is 8.70. The quantitative estimate of drug-likeness (QED) is 0.667. The van der Waals surface area contributed by atoms with E-state index in [9.17, 15) is 9.59 Å². The second-order valence-corrected chi connectivity index (χ2v) is 6.04. The number of rotatable bonds is 7. The van der Waals surface area contributed by atoms with Crippen LogP contribution >= 0.6 is 0 Å². The van der Waals surface area contributed by atoms with E-state index in [0.29, 0.717) is 29.4 Å². The number of ether oxygens (including phenoxy) is 1. The summed E-state index contributed by atoms with van der Waals surface area (Å²) >= 11 is 0. The molecule has 8 nitrogen and oxygen atoms in total. The maximum absolute atomic E-state index is 12.2. The summed E-state index contributed by atoms with van der Waals surface area (Å²) in [6, 6.07) is 12.2. The van der Waals surface area contributed by atoms with Crippen molar-refractivity contribution in [1.29, 1.82) is 0 Å². The lowest BCUT2D eigenvalue weighted by molar-refractivity contribution is -0.118. The first kappa shape index (κ1) is 18.4. The standard InChI is InChI=1S/C19H21N5O3/c1-3-7-14-11-17(25)22-19(20-14)24-16(10-13(2)23-24)21-18(26)12-27-15-8-5-4-6-9-15/h4-6,8-11H,3,7,12H2,1-2H3,(H,21,26)(H,20,22,25). The van der Waals surface area contributed by atoms with Gasteiger partial charge in [0.05, 0.1) is 5.69 Å². The van der Waals surface area contributed by atoms with Gasteiger partial charge >= 0.3 is 0 Å². The fourth-order valence-corrected chi connectivity index (χ4v) is 2.57. The van der Waals surface area contributed by atoms with Gasteiger partial charge in [-0.15, -0.1) is 0 Å². The van der Waals surface area contributed by atoms with Crippen LogP contribution in [0.3, 0.4) is 0 Å². The van der Waals surface area contributed by atoms with Gasteiger partial charge in [-0.05, 0) is 25.5 Å². The second-order valence-electron chi connectivity index (χ2n) is 6.04. The van der Waals surface area contributed by atoms with Crippen molar-refractivity contribution in [1.82, 2.24) is 19.7 Å². The van der Waals surface area contributed by atoms with Crippen LogP contribution in [-0.4, -0.2) is 32.3 Å². The molecule has 0 saturated heterocycles. The van der Waals surface area contributed by atoms with Crippen LogP contribution in [0.25, 0.3) is 5.95 Å². The van der Waals surface area contributed by atoms with E-state index in [1.54, 1.807) is 25.1 Å². The number of hydrogen-bond acceptors (Lipinski definition) is 5. The van der Waals surface area contributed by atoms with E-state index in [-0.39, 0.29) is 24.0 Å². The van der Waals surface area contributed by atoms with Gasteiger partial charge in [0.15, 0.2) is 6.61 Å². The lowest BCUT2D eigenvalue weighted by Gasteiger charge is -2.10. The Morgan fingerprint density at radius 1 is 1.26 bits per heavy atom. The fraction of sp³-hybridized carbons (Fsp3) is 0.263. The van der Waals surface area contributed by atoms with Gasteiger partial charge in [-0.25, -0.2) is 4.98 Å². The molecule has 27 heavy (non-hydrogen) atoms. The van der Waals surface area contributed by atoms with E-state index >= 15 is 0 Å². The normalized spacial score (nSPS) is 10.6. The molecule has 0 unspecified atom stereocenters. The van der Waals surface area contributed by atoms with Gasteiger partial charge in [0.1, 0.15) is 11.6 Å². The summed E-state index contributed by atoms with van der Waals surface area (Å²) in [5.74, 6) is 0.937. The molecule has 0 aliphatic heterocycles. The number of para-hydroxylation sites is 1. The highest BCUT2D eigenvalue weighted by molar-refractivity contribution is 5.91. The molecule has 8 heteroatoms. The minimum Gasteiger partial charge on any atom is -0.484 e. The summed E-state index contributed by atoms with van der Waals surface area (Å²) in [6.07, 6.45) is 1.55. The van der Waals surface area contributed by atoms with Crippen LogP contribution in [0.4, 0.5) is 5.82 Å². The lowest BCUT2D eigenvalue weighted by atomic mass is 10.2. The Kier molecular flexibility index (Phi) is 5.65. The monoisotopic (exact) mass is 367 g/mol. The minimum atomic E-state index is -0.341. The van der Waals surface area contributed by atoms with E-state index in [4.69, 9.17) is 4.74 Å². The van der Waals surface area contributed by atoms with Crippen molar-refractivity contribution in [2.75, 3.05) is 11.9 Å². The number of carbonyl (C=O) groups excluding carboxylic acids is 1. The van der Waals surface area contributed by atoms with E-state index in [1.165, 1.54) is 10.7 Å². The molecule has 0 radical (unpaired) electrons. The average molecular weight is 367 g/mol. The van der Waals surface area contributed by atoms with Crippen LogP contribution in [-0.2, 0) is 11.2 Å². The predicted molar refractivity (Wildman–Crippen MR) is 101 cm³/mol. The van der Waals surface area contributed by atoms with Crippen LogP contribution in [0.1, 0.15) is 24.7 Å². The largest absolute Gasteiger partial charge is 0.484 e. The Morgan fingerprint density at radius 3 is 2.78 bits per heavy atom. The van der Waals surface area contributed by atoms with Gasteiger partial charge in [0.2, 0.25) is 5.95 Å². The summed E-state index contributed by atoms with van der Waals surface area (Å²) in [4.78, 5) is 31.2. The molecule has 3 aromatic rings. The van der Waals surface area contributed by atoms with Crippen molar-refractivity contribution in [2.24, 2.45) is 0 Å². The maximum Gasteiger partial charge on any atom is 0.263 e. The zero-order valence-corrected chi connectivity index (χ0v) is 15.2. The third-order valence-electron chi connectivity index (χ3n) is 3.70. The van der Waals surface area contributed by atoms with Crippen molar-refractivity contribution in [2.45, 2.75) is 26.7 Å². The number of aromatic amines is 1. The van der Waals surface area contributed by atoms with Crippen LogP contribution in [0.5, 0.6) is 5.75 Å². The van der Waals surface area contributed by atoms with E-state index < -0.39 is 0 Å². The Morgan fingerprint density at radius 2 is 2.04 bits per heavy atom. The highest BCUT2D eigenvalue weighted by Gasteiger charge is 2.14. The highest BCUT2D eigenvalue weighted by Crippen LogP contribution is 2.15. The Balaban J connectivity index is 1.78. The third-order valence-corrected chi connectivity index (χ3v) is 3.70. The average Bonchev–Trinajstić information content (AvgIpc) is 3.01. The molecular weight excluding hydrogens is 346 g/mol. The van der Waals surface area contributed by atoms with Crippen LogP contribution in [0.2, 0.25) is 0 Å². The Labute approximate surface area is 156 Å². The first-order valence-electron chi connectivity index (χ1n) is 8.70. The van der Waals surface area contributed by atoms with Gasteiger partial charge in [-0.3, -0.25) is 14.6 Å². The third kappa shape index (κ3) is 4.81. The molecule has 0 spiro atoms. The van der Waals surface area contributed by atoms with Gasteiger partial charge in [-0.1, -0.05) is 31.5 Å². The highest BCUT2D eigenvalue weighted by atomic mass is 16.5. The molecule has 140 valence electrons. The molecule has 0 aliphatic carbocycles. The van der Waals surface area contributed by atoms with Crippen LogP contribution in [0.15, 0.2) is 47.3 Å². The fourth-order valence-electron chi connectivity index (χ4n) is 2.57. The lowest BCUT2D eigenvalue weighted by Crippen LogP contribution is -2.23. The smallest absolute Gasteiger partial charge is 0.263 e. The molecule has 1 aromatic carbocycles. The Hall–Kier alpha value is -3.42. The number of hydrogen-bond donors (Lipinski definition) is 2. The molecule has 0 saturated carbocycles. The number of anilines is 1. The van der Waals surface area contributed by atoms with Crippen LogP contribution in [0, 0.1) is 6.92 Å². The summed E-state index contributed by atoms with van der Waals surface area (Å²) in [7, 11) is 0. The van der Waals surface area contributed by atoms with E-state index in [0.717, 1.165) is 6.42 Å². The first-order chi connectivity index (χ1) is 13.0. The molecule has 2 aromatic heterocycles. The number of aryl methyl sites for hydroxylation is 2. The number of amides is 1. The van der Waals surface area contributed by atoms with Gasteiger partial charge < -0.3 is 10.1 Å². The maximum atomic E-state index is 12.2. The molecule has 3 rings (SSSR count). The summed E-state index contributed by atoms with van der Waals surface area (Å²) in [5, 5.41) is 7.07. The molecule has 0 aliphatic rings. The zero-order valence-electron chi connectivity index (χ0n) is 15.2. The van der Waals surface area contributed by atoms with Crippen molar-refractivity contribution in [3.63, 3.8) is 0 Å². The summed E-state index contributed by atoms with van der Waals surface area (Å²) in [5.41, 5.74) is 1.09. The van der Waals surface area contributed by atoms with E-state index in [2.05, 4.69) is 20.4 Å². The number of H-pyrrole nitrogens is 1. The number of carbonyl (C=O) groups is 1. The number of aromatic nitrogens is 4. The molecule has 2 heterocycles. The molecule has 2 N–H and O–H groups in total. The van der Waals surface area contributed by atoms with Crippen molar-refractivity contribution in [3.05, 3.63) is 64.2 Å². The Bertz CT molecular complexity index is 979. The number of nitrogens with one attached hydrogen (secondary N) is 2. The van der Waals surface area contributed by atoms with Crippen molar-refractivity contribution < 1.29 is 9.53 Å². The molecular formula is C19H21N5O3. The molecule has 1 amide bonds. The predicted octanol–water partition coefficient (Wildman–Crippen LogP) is 2.23. The molecule has 0 fully saturated rings. The van der Waals surface area contributed by atoms with Gasteiger partial charge in [0, 0.05) is 17.8 Å². The summed E-state index contributed by atoms with van der Waals surface area (Å²) in [6.45, 7) is 3.66. The van der Waals surface area contributed by atoms with Gasteiger partial charge in [-0.2, -0.15) is 9.78 Å². The minimum absolute atomic E-state index is 0.145. The van der Waals surface area contributed by atoms with Crippen molar-refractivity contribution in [3.8, 4) is 11.7 Å². The number of nitrogens with zero attached hydrogens (tertiary/aromatic N) is 3. The van der Waals surface area contributed by atoms with Crippen molar-refractivity contribution >= 4 is 11.7 Å². The molecule has 0 atom stereocenters. The van der Waals surface area contributed by atoms with E-state index in [1.807, 2.05) is 25.1 Å².